The number of hydrogen-bond donors (Lipinski definition) is 4. The summed E-state index contributed by atoms with van der Waals surface area (Å²) in [4.78, 5) is 39.1. The van der Waals surface area contributed by atoms with Crippen molar-refractivity contribution < 1.29 is 28.6 Å². The van der Waals surface area contributed by atoms with E-state index < -0.39 is 18.1 Å². The summed E-state index contributed by atoms with van der Waals surface area (Å²) in [6, 6.07) is 20.8. The number of anilines is 2. The molecule has 43 heavy (non-hydrogen) atoms. The maximum absolute atomic E-state index is 13.3. The number of amides is 2. The van der Waals surface area contributed by atoms with Crippen LogP contribution in [0, 0.1) is 0 Å². The number of aliphatic hydroxyl groups excluding tert-OH is 1. The molecule has 1 aromatic heterocycles. The molecule has 0 radical (unpaired) electrons. The maximum Gasteiger partial charge on any atom is 0.286 e. The normalized spacial score (nSPS) is 16.3. The Labute approximate surface area is 248 Å². The second kappa shape index (κ2) is 13.8. The molecular weight excluding hydrogens is 550 g/mol. The van der Waals surface area contributed by atoms with Crippen molar-refractivity contribution in [2.45, 2.75) is 38.0 Å². The summed E-state index contributed by atoms with van der Waals surface area (Å²) in [5.41, 5.74) is 8.82. The van der Waals surface area contributed by atoms with Crippen LogP contribution in [0.2, 0.25) is 0 Å². The van der Waals surface area contributed by atoms with Crippen LogP contribution in [0.3, 0.4) is 0 Å². The van der Waals surface area contributed by atoms with E-state index in [-0.39, 0.29) is 30.2 Å². The zero-order valence-electron chi connectivity index (χ0n) is 23.5. The van der Waals surface area contributed by atoms with Gasteiger partial charge in [0.2, 0.25) is 6.29 Å². The lowest BCUT2D eigenvalue weighted by molar-refractivity contribution is -0.146. The van der Waals surface area contributed by atoms with Crippen molar-refractivity contribution >= 4 is 34.2 Å². The molecule has 5 N–H and O–H groups in total. The van der Waals surface area contributed by atoms with Gasteiger partial charge in [-0.25, -0.2) is 0 Å². The zero-order chi connectivity index (χ0) is 30.2. The SMILES string of the molecule is Nc1ccccc1NC(=O)c1ccc(CNC(=O)C2=C[C@H](c3coc4ccccc4c3=O)C[C@H](OCCCCO)O2)cc1. The summed E-state index contributed by atoms with van der Waals surface area (Å²) in [5.74, 6) is -1.22. The van der Waals surface area contributed by atoms with Crippen molar-refractivity contribution in [3.05, 3.63) is 118 Å². The van der Waals surface area contributed by atoms with Crippen LogP contribution < -0.4 is 21.8 Å². The smallest absolute Gasteiger partial charge is 0.286 e. The molecule has 222 valence electrons. The van der Waals surface area contributed by atoms with Crippen molar-refractivity contribution in [2.75, 3.05) is 24.3 Å². The van der Waals surface area contributed by atoms with E-state index >= 15 is 0 Å². The van der Waals surface area contributed by atoms with Crippen LogP contribution in [0.4, 0.5) is 11.4 Å². The van der Waals surface area contributed by atoms with E-state index in [9.17, 15) is 14.4 Å². The van der Waals surface area contributed by atoms with E-state index in [0.717, 1.165) is 5.56 Å². The van der Waals surface area contributed by atoms with Crippen LogP contribution in [0.1, 0.15) is 46.7 Å². The van der Waals surface area contributed by atoms with Crippen molar-refractivity contribution in [1.82, 2.24) is 5.32 Å². The quantitative estimate of drug-likeness (QED) is 0.149. The van der Waals surface area contributed by atoms with Crippen LogP contribution in [0.25, 0.3) is 11.0 Å². The molecule has 0 saturated heterocycles. The van der Waals surface area contributed by atoms with Crippen molar-refractivity contribution in [1.29, 1.82) is 0 Å². The third kappa shape index (κ3) is 7.29. The molecule has 2 amide bonds. The Bertz CT molecular complexity index is 1680. The van der Waals surface area contributed by atoms with Crippen molar-refractivity contribution in [3.8, 4) is 0 Å². The summed E-state index contributed by atoms with van der Waals surface area (Å²) >= 11 is 0. The molecule has 10 nitrogen and oxygen atoms in total. The van der Waals surface area contributed by atoms with Gasteiger partial charge >= 0.3 is 0 Å². The Hall–Kier alpha value is -4.93. The van der Waals surface area contributed by atoms with Gasteiger partial charge in [0.15, 0.2) is 11.2 Å². The van der Waals surface area contributed by atoms with Gasteiger partial charge in [-0.1, -0.05) is 36.4 Å². The van der Waals surface area contributed by atoms with Crippen LogP contribution in [0.15, 0.2) is 100 Å². The lowest BCUT2D eigenvalue weighted by Crippen LogP contribution is -2.33. The van der Waals surface area contributed by atoms with E-state index in [1.54, 1.807) is 78.9 Å². The molecule has 0 bridgehead atoms. The number of benzene rings is 3. The first kappa shape index (κ1) is 29.6. The van der Waals surface area contributed by atoms with Gasteiger partial charge in [0.25, 0.3) is 11.8 Å². The monoisotopic (exact) mass is 583 g/mol. The largest absolute Gasteiger partial charge is 0.464 e. The summed E-state index contributed by atoms with van der Waals surface area (Å²) in [6.45, 7) is 0.560. The van der Waals surface area contributed by atoms with E-state index in [2.05, 4.69) is 10.6 Å². The third-order valence-electron chi connectivity index (χ3n) is 7.12. The average molecular weight is 584 g/mol. The fourth-order valence-electron chi connectivity index (χ4n) is 4.76. The lowest BCUT2D eigenvalue weighted by Gasteiger charge is -2.29. The first-order valence-corrected chi connectivity index (χ1v) is 14.1. The molecule has 0 unspecified atom stereocenters. The Morgan fingerprint density at radius 2 is 1.74 bits per heavy atom. The number of unbranched alkanes of at least 4 members (excludes halogenated alkanes) is 1. The number of hydrogen-bond acceptors (Lipinski definition) is 8. The number of para-hydroxylation sites is 3. The molecule has 5 rings (SSSR count). The zero-order valence-corrected chi connectivity index (χ0v) is 23.5. The first-order chi connectivity index (χ1) is 20.9. The molecule has 2 atom stereocenters. The second-order valence-corrected chi connectivity index (χ2v) is 10.2. The predicted molar refractivity (Wildman–Crippen MR) is 162 cm³/mol. The second-order valence-electron chi connectivity index (χ2n) is 10.2. The number of carbonyl (C=O) groups excluding carboxylic acids is 2. The molecule has 1 aliphatic rings. The highest BCUT2D eigenvalue weighted by Gasteiger charge is 2.30. The molecule has 0 fully saturated rings. The Balaban J connectivity index is 1.27. The molecule has 3 aromatic carbocycles. The molecular formula is C33H33N3O7. The lowest BCUT2D eigenvalue weighted by atomic mass is 9.93. The number of nitrogen functional groups attached to an aromatic ring is 1. The van der Waals surface area contributed by atoms with Crippen molar-refractivity contribution in [2.24, 2.45) is 0 Å². The highest BCUT2D eigenvalue weighted by Crippen LogP contribution is 2.31. The number of ether oxygens (including phenoxy) is 2. The van der Waals surface area contributed by atoms with Crippen molar-refractivity contribution in [3.63, 3.8) is 0 Å². The molecule has 0 spiro atoms. The minimum Gasteiger partial charge on any atom is -0.464 e. The van der Waals surface area contributed by atoms with Gasteiger partial charge in [-0.15, -0.1) is 0 Å². The molecule has 10 heteroatoms. The molecule has 0 saturated carbocycles. The van der Waals surface area contributed by atoms with Gasteiger partial charge in [-0.05, 0) is 60.9 Å². The molecule has 0 aliphatic carbocycles. The van der Waals surface area contributed by atoms with Crippen LogP contribution >= 0.6 is 0 Å². The van der Waals surface area contributed by atoms with Crippen LogP contribution in [-0.2, 0) is 20.8 Å². The average Bonchev–Trinajstić information content (AvgIpc) is 3.03. The maximum atomic E-state index is 13.3. The first-order valence-electron chi connectivity index (χ1n) is 14.1. The van der Waals surface area contributed by atoms with Gasteiger partial charge in [-0.3, -0.25) is 14.4 Å². The Morgan fingerprint density at radius 1 is 0.977 bits per heavy atom. The van der Waals surface area contributed by atoms with E-state index in [0.29, 0.717) is 59.3 Å². The molecule has 1 aliphatic heterocycles. The van der Waals surface area contributed by atoms with E-state index in [1.807, 2.05) is 0 Å². The fourth-order valence-corrected chi connectivity index (χ4v) is 4.76. The minimum absolute atomic E-state index is 0.0346. The highest BCUT2D eigenvalue weighted by molar-refractivity contribution is 6.05. The number of nitrogens with two attached hydrogens (primary N) is 1. The van der Waals surface area contributed by atoms with Gasteiger partial charge in [0.05, 0.1) is 29.6 Å². The van der Waals surface area contributed by atoms with E-state index in [1.165, 1.54) is 6.26 Å². The van der Waals surface area contributed by atoms with Crippen LogP contribution in [-0.4, -0.2) is 36.4 Å². The number of carbonyl (C=O) groups is 2. The summed E-state index contributed by atoms with van der Waals surface area (Å²) < 4.78 is 17.5. The number of aliphatic hydroxyl groups is 1. The Morgan fingerprint density at radius 3 is 2.53 bits per heavy atom. The standard InChI is InChI=1S/C33H33N3O7/c34-26-8-2-3-9-27(26)36-32(39)22-13-11-21(12-14-22)19-35-33(40)29-17-23(18-30(43-29)41-16-6-5-15-37)25-20-42-28-10-4-1-7-24(28)31(25)38/h1-4,7-14,17,20,23,30,37H,5-6,15-16,18-19,34H2,(H,35,40)(H,36,39)/t23-,30+/m0/s1. The topological polar surface area (TPSA) is 153 Å². The van der Waals surface area contributed by atoms with Gasteiger partial charge in [0, 0.05) is 36.6 Å². The summed E-state index contributed by atoms with van der Waals surface area (Å²) in [6.07, 6.45) is 3.80. The minimum atomic E-state index is -0.767. The summed E-state index contributed by atoms with van der Waals surface area (Å²) in [5, 5.41) is 15.2. The van der Waals surface area contributed by atoms with Gasteiger partial charge in [-0.2, -0.15) is 0 Å². The fraction of sp³-hybridized carbons (Fsp3) is 0.242. The Kier molecular flexibility index (Phi) is 9.50. The summed E-state index contributed by atoms with van der Waals surface area (Å²) in [7, 11) is 0. The molecule has 2 heterocycles. The molecule has 4 aromatic rings. The number of rotatable bonds is 11. The highest BCUT2D eigenvalue weighted by atomic mass is 16.7. The third-order valence-corrected chi connectivity index (χ3v) is 7.12. The number of nitrogens with one attached hydrogen (secondary N) is 2. The van der Waals surface area contributed by atoms with Gasteiger partial charge < -0.3 is 35.4 Å². The number of allylic oxidation sites excluding steroid dienone is 1. The number of fused-ring (bicyclic) bond motifs is 1. The predicted octanol–water partition coefficient (Wildman–Crippen LogP) is 4.45. The van der Waals surface area contributed by atoms with E-state index in [4.69, 9.17) is 24.7 Å². The van der Waals surface area contributed by atoms with Gasteiger partial charge in [0.1, 0.15) is 5.58 Å². The van der Waals surface area contributed by atoms with Crippen LogP contribution in [0.5, 0.6) is 0 Å².